The highest BCUT2D eigenvalue weighted by atomic mass is 32.2. The number of aryl methyl sites for hydroxylation is 2. The lowest BCUT2D eigenvalue weighted by Gasteiger charge is -2.27. The lowest BCUT2D eigenvalue weighted by atomic mass is 9.89. The van der Waals surface area contributed by atoms with E-state index < -0.39 is 10.0 Å². The van der Waals surface area contributed by atoms with Crippen LogP contribution in [0, 0.1) is 0 Å². The molecule has 0 radical (unpaired) electrons. The first-order valence-corrected chi connectivity index (χ1v) is 13.5. The molecule has 0 bridgehead atoms. The topological polar surface area (TPSA) is 75.7 Å². The number of carbonyl (C=O) groups is 1. The van der Waals surface area contributed by atoms with Gasteiger partial charge >= 0.3 is 0 Å². The maximum Gasteiger partial charge on any atom is 0.257 e. The molecule has 2 aromatic carbocycles. The van der Waals surface area contributed by atoms with Crippen molar-refractivity contribution in [2.24, 2.45) is 0 Å². The summed E-state index contributed by atoms with van der Waals surface area (Å²) in [7, 11) is -2.33. The molecular weight excluding hydrogens is 436 g/mol. The average Bonchev–Trinajstić information content (AvgIpc) is 2.86. The molecule has 1 aliphatic heterocycles. The van der Waals surface area contributed by atoms with Crippen molar-refractivity contribution in [3.05, 3.63) is 58.7 Å². The van der Waals surface area contributed by atoms with E-state index in [1.807, 2.05) is 13.0 Å². The molecule has 1 saturated heterocycles. The van der Waals surface area contributed by atoms with E-state index in [4.69, 9.17) is 4.74 Å². The predicted molar refractivity (Wildman–Crippen MR) is 129 cm³/mol. The van der Waals surface area contributed by atoms with Gasteiger partial charge in [-0.3, -0.25) is 4.79 Å². The predicted octanol–water partition coefficient (Wildman–Crippen LogP) is 4.63. The Hall–Kier alpha value is -2.38. The van der Waals surface area contributed by atoms with E-state index in [0.717, 1.165) is 37.7 Å². The van der Waals surface area contributed by atoms with E-state index in [9.17, 15) is 13.2 Å². The molecule has 2 aromatic rings. The molecule has 0 aromatic heterocycles. The Morgan fingerprint density at radius 2 is 1.73 bits per heavy atom. The third-order valence-electron chi connectivity index (χ3n) is 6.84. The zero-order valence-corrected chi connectivity index (χ0v) is 20.4. The fourth-order valence-corrected chi connectivity index (χ4v) is 6.23. The van der Waals surface area contributed by atoms with Crippen molar-refractivity contribution in [3.8, 4) is 5.75 Å². The minimum absolute atomic E-state index is 0.0834. The van der Waals surface area contributed by atoms with E-state index in [-0.39, 0.29) is 16.8 Å². The number of nitrogens with one attached hydrogen (secondary N) is 1. The number of piperidine rings is 1. The Morgan fingerprint density at radius 1 is 1.00 bits per heavy atom. The molecule has 4 rings (SSSR count). The number of amides is 1. The average molecular weight is 471 g/mol. The summed E-state index contributed by atoms with van der Waals surface area (Å²) in [5.41, 5.74) is 3.98. The number of fused-ring (bicyclic) bond motifs is 1. The van der Waals surface area contributed by atoms with Crippen LogP contribution in [0.2, 0.25) is 0 Å². The summed E-state index contributed by atoms with van der Waals surface area (Å²) < 4.78 is 34.9. The monoisotopic (exact) mass is 470 g/mol. The minimum atomic E-state index is -3.83. The van der Waals surface area contributed by atoms with Crippen LogP contribution in [0.4, 0.5) is 0 Å². The second kappa shape index (κ2) is 10.3. The van der Waals surface area contributed by atoms with Crippen LogP contribution in [0.5, 0.6) is 5.75 Å². The summed E-state index contributed by atoms with van der Waals surface area (Å²) >= 11 is 0. The first-order chi connectivity index (χ1) is 15.9. The molecule has 0 unspecified atom stereocenters. The summed E-state index contributed by atoms with van der Waals surface area (Å²) in [5.74, 6) is 0.219. The van der Waals surface area contributed by atoms with Crippen LogP contribution >= 0.6 is 0 Å². The largest absolute Gasteiger partial charge is 0.496 e. The number of carbonyl (C=O) groups excluding carboxylic acids is 1. The highest BCUT2D eigenvalue weighted by Crippen LogP contribution is 2.29. The van der Waals surface area contributed by atoms with Gasteiger partial charge in [-0.05, 0) is 86.3 Å². The Balaban J connectivity index is 1.60. The summed E-state index contributed by atoms with van der Waals surface area (Å²) in [6, 6.07) is 10.6. The Kier molecular flexibility index (Phi) is 7.39. The van der Waals surface area contributed by atoms with Gasteiger partial charge in [0.2, 0.25) is 10.0 Å². The second-order valence-corrected chi connectivity index (χ2v) is 10.7. The molecule has 178 valence electrons. The standard InChI is InChI=1S/C26H34N2O4S/c1-3-24(21-12-11-19-9-5-6-10-20(19)17-21)27-33(30,31)22-13-14-25(32-2)23(18-22)26(29)28-15-7-4-8-16-28/h11-14,17-18,24,27H,3-10,15-16H2,1-2H3/t24-/m1/s1. The van der Waals surface area contributed by atoms with Crippen molar-refractivity contribution in [1.29, 1.82) is 0 Å². The van der Waals surface area contributed by atoms with Crippen molar-refractivity contribution in [2.45, 2.75) is 69.2 Å². The van der Waals surface area contributed by atoms with Crippen molar-refractivity contribution in [3.63, 3.8) is 0 Å². The first-order valence-electron chi connectivity index (χ1n) is 12.0. The van der Waals surface area contributed by atoms with Gasteiger partial charge < -0.3 is 9.64 Å². The SMILES string of the molecule is CC[C@@H](NS(=O)(=O)c1ccc(OC)c(C(=O)N2CCCCC2)c1)c1ccc2c(c1)CCCC2. The molecule has 33 heavy (non-hydrogen) atoms. The summed E-state index contributed by atoms with van der Waals surface area (Å²) in [6.45, 7) is 3.35. The van der Waals surface area contributed by atoms with Crippen LogP contribution in [0.25, 0.3) is 0 Å². The van der Waals surface area contributed by atoms with Crippen LogP contribution in [0.1, 0.15) is 78.5 Å². The Labute approximate surface area is 197 Å². The number of likely N-dealkylation sites (tertiary alicyclic amines) is 1. The van der Waals surface area contributed by atoms with Crippen LogP contribution < -0.4 is 9.46 Å². The molecule has 1 fully saturated rings. The van der Waals surface area contributed by atoms with E-state index in [2.05, 4.69) is 16.9 Å². The molecule has 0 saturated carbocycles. The van der Waals surface area contributed by atoms with Crippen LogP contribution in [0.15, 0.2) is 41.3 Å². The van der Waals surface area contributed by atoms with Crippen LogP contribution in [-0.4, -0.2) is 39.4 Å². The quantitative estimate of drug-likeness (QED) is 0.640. The molecule has 6 nitrogen and oxygen atoms in total. The molecule has 1 aliphatic carbocycles. The van der Waals surface area contributed by atoms with Crippen molar-refractivity contribution < 1.29 is 17.9 Å². The van der Waals surface area contributed by atoms with E-state index in [1.165, 1.54) is 43.2 Å². The minimum Gasteiger partial charge on any atom is -0.496 e. The van der Waals surface area contributed by atoms with Gasteiger partial charge in [-0.2, -0.15) is 0 Å². The van der Waals surface area contributed by atoms with Crippen molar-refractivity contribution in [2.75, 3.05) is 20.2 Å². The van der Waals surface area contributed by atoms with Gasteiger partial charge in [0.05, 0.1) is 17.6 Å². The van der Waals surface area contributed by atoms with Gasteiger partial charge in [-0.15, -0.1) is 0 Å². The van der Waals surface area contributed by atoms with Gasteiger partial charge in [0.25, 0.3) is 5.91 Å². The molecular formula is C26H34N2O4S. The molecule has 1 N–H and O–H groups in total. The number of benzene rings is 2. The smallest absolute Gasteiger partial charge is 0.257 e. The summed E-state index contributed by atoms with van der Waals surface area (Å²) in [5, 5.41) is 0. The second-order valence-electron chi connectivity index (χ2n) is 9.03. The Morgan fingerprint density at radius 3 is 2.42 bits per heavy atom. The van der Waals surface area contributed by atoms with E-state index in [0.29, 0.717) is 30.8 Å². The number of ether oxygens (including phenoxy) is 1. The summed E-state index contributed by atoms with van der Waals surface area (Å²) in [4.78, 5) is 15.0. The molecule has 2 aliphatic rings. The molecule has 0 spiro atoms. The van der Waals surface area contributed by atoms with E-state index >= 15 is 0 Å². The third-order valence-corrected chi connectivity index (χ3v) is 8.30. The van der Waals surface area contributed by atoms with Gasteiger partial charge in [0.1, 0.15) is 5.75 Å². The van der Waals surface area contributed by atoms with Crippen molar-refractivity contribution >= 4 is 15.9 Å². The maximum atomic E-state index is 13.3. The Bertz CT molecular complexity index is 1110. The number of methoxy groups -OCH3 is 1. The first kappa shape index (κ1) is 23.8. The maximum absolute atomic E-state index is 13.3. The summed E-state index contributed by atoms with van der Waals surface area (Å²) in [6.07, 6.45) is 8.21. The lowest BCUT2D eigenvalue weighted by molar-refractivity contribution is 0.0720. The molecule has 1 amide bonds. The van der Waals surface area contributed by atoms with Gasteiger partial charge in [-0.25, -0.2) is 13.1 Å². The van der Waals surface area contributed by atoms with Crippen LogP contribution in [0.3, 0.4) is 0 Å². The number of nitrogens with zero attached hydrogens (tertiary/aromatic N) is 1. The van der Waals surface area contributed by atoms with Crippen LogP contribution in [-0.2, 0) is 22.9 Å². The van der Waals surface area contributed by atoms with Crippen molar-refractivity contribution in [1.82, 2.24) is 9.62 Å². The number of hydrogen-bond donors (Lipinski definition) is 1. The van der Waals surface area contributed by atoms with E-state index in [1.54, 1.807) is 11.0 Å². The highest BCUT2D eigenvalue weighted by molar-refractivity contribution is 7.89. The van der Waals surface area contributed by atoms with Gasteiger partial charge in [0, 0.05) is 19.1 Å². The highest BCUT2D eigenvalue weighted by Gasteiger charge is 2.26. The molecule has 7 heteroatoms. The molecule has 1 atom stereocenters. The zero-order valence-electron chi connectivity index (χ0n) is 19.6. The van der Waals surface area contributed by atoms with Gasteiger partial charge in [-0.1, -0.05) is 25.1 Å². The fourth-order valence-electron chi connectivity index (χ4n) is 4.90. The molecule has 1 heterocycles. The normalized spacial score (nSPS) is 17.3. The zero-order chi connectivity index (χ0) is 23.4. The number of sulfonamides is 1. The lowest BCUT2D eigenvalue weighted by Crippen LogP contribution is -2.36. The number of rotatable bonds is 7. The fraction of sp³-hybridized carbons (Fsp3) is 0.500. The third kappa shape index (κ3) is 5.25. The number of hydrogen-bond acceptors (Lipinski definition) is 4. The van der Waals surface area contributed by atoms with Gasteiger partial charge in [0.15, 0.2) is 0 Å².